The summed E-state index contributed by atoms with van der Waals surface area (Å²) in [6.07, 6.45) is 2.87. The molecular formula is C19H16ClFN6O. The molecule has 0 aliphatic rings. The Morgan fingerprint density at radius 1 is 1.07 bits per heavy atom. The zero-order valence-electron chi connectivity index (χ0n) is 15.1. The Balaban J connectivity index is 1.58. The number of fused-ring (bicyclic) bond motifs is 1. The predicted octanol–water partition coefficient (Wildman–Crippen LogP) is 4.65. The summed E-state index contributed by atoms with van der Waals surface area (Å²) in [5, 5.41) is 11.6. The molecule has 4 aromatic rings. The average Bonchev–Trinajstić information content (AvgIpc) is 3.05. The van der Waals surface area contributed by atoms with Crippen LogP contribution < -0.4 is 15.4 Å². The molecule has 2 aromatic heterocycles. The third-order valence-electron chi connectivity index (χ3n) is 4.16. The van der Waals surface area contributed by atoms with Gasteiger partial charge in [0, 0.05) is 23.8 Å². The van der Waals surface area contributed by atoms with Gasteiger partial charge in [-0.2, -0.15) is 10.1 Å². The van der Waals surface area contributed by atoms with Crippen molar-refractivity contribution < 1.29 is 9.13 Å². The SMILES string of the molecule is COc1ccc(Nc2nc(Nc3ccc4c(cnn4C)c3)ncc2F)cc1Cl. The van der Waals surface area contributed by atoms with Crippen molar-refractivity contribution in [2.75, 3.05) is 17.7 Å². The lowest BCUT2D eigenvalue weighted by atomic mass is 10.2. The second-order valence-corrected chi connectivity index (χ2v) is 6.44. The molecule has 2 aromatic carbocycles. The molecule has 142 valence electrons. The van der Waals surface area contributed by atoms with Crippen molar-refractivity contribution in [2.24, 2.45) is 7.05 Å². The van der Waals surface area contributed by atoms with Crippen LogP contribution in [-0.4, -0.2) is 26.9 Å². The molecule has 0 amide bonds. The van der Waals surface area contributed by atoms with Crippen LogP contribution in [-0.2, 0) is 7.05 Å². The average molecular weight is 399 g/mol. The topological polar surface area (TPSA) is 76.9 Å². The molecule has 0 saturated carbocycles. The number of hydrogen-bond acceptors (Lipinski definition) is 6. The normalized spacial score (nSPS) is 10.9. The van der Waals surface area contributed by atoms with Gasteiger partial charge in [0.15, 0.2) is 11.6 Å². The van der Waals surface area contributed by atoms with Gasteiger partial charge in [-0.1, -0.05) is 11.6 Å². The minimum absolute atomic E-state index is 0.0289. The molecule has 0 radical (unpaired) electrons. The van der Waals surface area contributed by atoms with Crippen molar-refractivity contribution in [1.29, 1.82) is 0 Å². The molecule has 28 heavy (non-hydrogen) atoms. The Hall–Kier alpha value is -3.39. The number of ether oxygens (including phenoxy) is 1. The monoisotopic (exact) mass is 398 g/mol. The first-order valence-corrected chi connectivity index (χ1v) is 8.73. The summed E-state index contributed by atoms with van der Waals surface area (Å²) in [6.45, 7) is 0. The smallest absolute Gasteiger partial charge is 0.229 e. The molecule has 9 heteroatoms. The van der Waals surface area contributed by atoms with Gasteiger partial charge in [-0.15, -0.1) is 0 Å². The zero-order chi connectivity index (χ0) is 19.7. The van der Waals surface area contributed by atoms with Crippen molar-refractivity contribution in [3.05, 3.63) is 59.6 Å². The van der Waals surface area contributed by atoms with Gasteiger partial charge in [0.2, 0.25) is 5.95 Å². The van der Waals surface area contributed by atoms with Crippen LogP contribution >= 0.6 is 11.6 Å². The largest absolute Gasteiger partial charge is 0.495 e. The minimum atomic E-state index is -0.583. The Kier molecular flexibility index (Phi) is 4.70. The van der Waals surface area contributed by atoms with E-state index in [0.717, 1.165) is 22.8 Å². The lowest BCUT2D eigenvalue weighted by Gasteiger charge is -2.11. The number of hydrogen-bond donors (Lipinski definition) is 2. The fourth-order valence-electron chi connectivity index (χ4n) is 2.77. The van der Waals surface area contributed by atoms with E-state index in [-0.39, 0.29) is 11.8 Å². The highest BCUT2D eigenvalue weighted by Gasteiger charge is 2.10. The Labute approximate surface area is 165 Å². The molecule has 0 spiro atoms. The molecule has 2 N–H and O–H groups in total. The van der Waals surface area contributed by atoms with Gasteiger partial charge >= 0.3 is 0 Å². The third kappa shape index (κ3) is 3.54. The van der Waals surface area contributed by atoms with Crippen molar-refractivity contribution >= 4 is 45.6 Å². The van der Waals surface area contributed by atoms with Crippen LogP contribution in [0.4, 0.5) is 27.5 Å². The third-order valence-corrected chi connectivity index (χ3v) is 4.46. The zero-order valence-corrected chi connectivity index (χ0v) is 15.8. The van der Waals surface area contributed by atoms with E-state index >= 15 is 0 Å². The molecule has 0 bridgehead atoms. The first-order valence-electron chi connectivity index (χ1n) is 8.35. The Morgan fingerprint density at radius 3 is 2.64 bits per heavy atom. The first kappa shape index (κ1) is 18.0. The van der Waals surface area contributed by atoms with Gasteiger partial charge in [-0.05, 0) is 36.4 Å². The summed E-state index contributed by atoms with van der Waals surface area (Å²) in [6, 6.07) is 10.8. The number of benzene rings is 2. The van der Waals surface area contributed by atoms with E-state index in [0.29, 0.717) is 16.5 Å². The summed E-state index contributed by atoms with van der Waals surface area (Å²) in [5.41, 5.74) is 2.35. The minimum Gasteiger partial charge on any atom is -0.495 e. The maximum absolute atomic E-state index is 14.2. The molecule has 0 unspecified atom stereocenters. The Bertz CT molecular complexity index is 1160. The number of rotatable bonds is 5. The Morgan fingerprint density at radius 2 is 1.86 bits per heavy atom. The second kappa shape index (κ2) is 7.32. The molecule has 0 atom stereocenters. The van der Waals surface area contributed by atoms with Gasteiger partial charge in [0.1, 0.15) is 5.75 Å². The van der Waals surface area contributed by atoms with Gasteiger partial charge in [-0.25, -0.2) is 9.37 Å². The second-order valence-electron chi connectivity index (χ2n) is 6.03. The number of nitrogens with zero attached hydrogens (tertiary/aromatic N) is 4. The van der Waals surface area contributed by atoms with Crippen LogP contribution in [0.2, 0.25) is 5.02 Å². The van der Waals surface area contributed by atoms with E-state index in [1.807, 2.05) is 25.2 Å². The van der Waals surface area contributed by atoms with Crippen molar-refractivity contribution in [3.63, 3.8) is 0 Å². The lowest BCUT2D eigenvalue weighted by Crippen LogP contribution is -2.03. The number of aromatic nitrogens is 4. The van der Waals surface area contributed by atoms with Crippen molar-refractivity contribution in [2.45, 2.75) is 0 Å². The van der Waals surface area contributed by atoms with Crippen LogP contribution in [0.3, 0.4) is 0 Å². The number of nitrogens with one attached hydrogen (secondary N) is 2. The van der Waals surface area contributed by atoms with Crippen molar-refractivity contribution in [1.82, 2.24) is 19.7 Å². The number of anilines is 4. The predicted molar refractivity (Wildman–Crippen MR) is 107 cm³/mol. The molecule has 4 rings (SSSR count). The van der Waals surface area contributed by atoms with Crippen LogP contribution in [0.25, 0.3) is 10.9 Å². The number of halogens is 2. The fraction of sp³-hybridized carbons (Fsp3) is 0.105. The van der Waals surface area contributed by atoms with Crippen LogP contribution in [0.5, 0.6) is 5.75 Å². The van der Waals surface area contributed by atoms with Crippen molar-refractivity contribution in [3.8, 4) is 5.75 Å². The number of methoxy groups -OCH3 is 1. The molecular weight excluding hydrogens is 383 g/mol. The summed E-state index contributed by atoms with van der Waals surface area (Å²) < 4.78 is 21.1. The molecule has 7 nitrogen and oxygen atoms in total. The standard InChI is InChI=1S/C19H16ClFN6O/c1-27-16-5-3-12(7-11(16)9-23-27)25-19-22-10-15(21)18(26-19)24-13-4-6-17(28-2)14(20)8-13/h3-10H,1-2H3,(H2,22,24,25,26). The van der Waals surface area contributed by atoms with E-state index in [4.69, 9.17) is 16.3 Å². The van der Waals surface area contributed by atoms with E-state index in [1.54, 1.807) is 29.1 Å². The molecule has 2 heterocycles. The van der Waals surface area contributed by atoms with Crippen LogP contribution in [0.15, 0.2) is 48.8 Å². The van der Waals surface area contributed by atoms with Crippen LogP contribution in [0, 0.1) is 5.82 Å². The van der Waals surface area contributed by atoms with Gasteiger partial charge < -0.3 is 15.4 Å². The van der Waals surface area contributed by atoms with E-state index < -0.39 is 5.82 Å². The van der Waals surface area contributed by atoms with E-state index in [9.17, 15) is 4.39 Å². The van der Waals surface area contributed by atoms with E-state index in [2.05, 4.69) is 25.7 Å². The molecule has 0 saturated heterocycles. The van der Waals surface area contributed by atoms with Gasteiger partial charge in [-0.3, -0.25) is 4.68 Å². The highest BCUT2D eigenvalue weighted by atomic mass is 35.5. The van der Waals surface area contributed by atoms with Gasteiger partial charge in [0.05, 0.1) is 30.0 Å². The summed E-state index contributed by atoms with van der Waals surface area (Å²) >= 11 is 6.11. The quantitative estimate of drug-likeness (QED) is 0.509. The fourth-order valence-corrected chi connectivity index (χ4v) is 3.02. The maximum atomic E-state index is 14.2. The lowest BCUT2D eigenvalue weighted by molar-refractivity contribution is 0.415. The van der Waals surface area contributed by atoms with Crippen LogP contribution in [0.1, 0.15) is 0 Å². The first-order chi connectivity index (χ1) is 13.5. The molecule has 0 aliphatic carbocycles. The summed E-state index contributed by atoms with van der Waals surface area (Å²) in [7, 11) is 3.40. The van der Waals surface area contributed by atoms with Gasteiger partial charge in [0.25, 0.3) is 0 Å². The van der Waals surface area contributed by atoms with E-state index in [1.165, 1.54) is 7.11 Å². The summed E-state index contributed by atoms with van der Waals surface area (Å²) in [4.78, 5) is 8.22. The highest BCUT2D eigenvalue weighted by molar-refractivity contribution is 6.32. The summed E-state index contributed by atoms with van der Waals surface area (Å²) in [5.74, 6) is 0.233. The molecule has 0 fully saturated rings. The molecule has 0 aliphatic heterocycles. The number of aryl methyl sites for hydroxylation is 1. The maximum Gasteiger partial charge on any atom is 0.229 e. The highest BCUT2D eigenvalue weighted by Crippen LogP contribution is 2.29.